The summed E-state index contributed by atoms with van der Waals surface area (Å²) < 4.78 is 69.4. The molecule has 0 fully saturated rings. The largest absolute Gasteiger partial charge is 0.495 e. The first kappa shape index (κ1) is 18.1. The molecule has 0 aliphatic carbocycles. The Morgan fingerprint density at radius 3 is 2.58 bits per heavy atom. The molecular weight excluding hydrogens is 373 g/mol. The number of methoxy groups -OCH3 is 1. The zero-order valence-electron chi connectivity index (χ0n) is 13.6. The fraction of sp³-hybridized carbons (Fsp3) is 0.267. The molecule has 3 aromatic heterocycles. The van der Waals surface area contributed by atoms with Gasteiger partial charge in [0.1, 0.15) is 34.8 Å². The molecule has 0 N–H and O–H groups in total. The van der Waals surface area contributed by atoms with Crippen molar-refractivity contribution in [1.29, 1.82) is 0 Å². The third-order valence-corrected chi connectivity index (χ3v) is 5.40. The molecule has 0 radical (unpaired) electrons. The van der Waals surface area contributed by atoms with Gasteiger partial charge in [-0.25, -0.2) is 23.4 Å². The summed E-state index contributed by atoms with van der Waals surface area (Å²) in [4.78, 5) is 11.4. The first-order valence-electron chi connectivity index (χ1n) is 7.35. The molecule has 138 valence electrons. The lowest BCUT2D eigenvalue weighted by atomic mass is 10.3. The highest BCUT2D eigenvalue weighted by atomic mass is 32.2. The van der Waals surface area contributed by atoms with E-state index < -0.39 is 21.7 Å². The lowest BCUT2D eigenvalue weighted by Crippen LogP contribution is -2.08. The third kappa shape index (κ3) is 3.21. The molecule has 3 aromatic rings. The Bertz CT molecular complexity index is 1080. The average molecular weight is 386 g/mol. The number of alkyl halides is 3. The molecule has 11 heteroatoms. The molecule has 3 rings (SSSR count). The number of sulfone groups is 1. The number of hydrogen-bond donors (Lipinski definition) is 0. The number of fused-ring (bicyclic) bond motifs is 1. The zero-order valence-corrected chi connectivity index (χ0v) is 14.5. The minimum absolute atomic E-state index is 0.0280. The van der Waals surface area contributed by atoms with Crippen LogP contribution in [0.5, 0.6) is 5.75 Å². The fourth-order valence-corrected chi connectivity index (χ4v) is 3.34. The maximum atomic E-state index is 12.8. The van der Waals surface area contributed by atoms with E-state index in [9.17, 15) is 21.6 Å². The van der Waals surface area contributed by atoms with E-state index in [-0.39, 0.29) is 33.4 Å². The van der Waals surface area contributed by atoms with E-state index in [4.69, 9.17) is 4.74 Å². The van der Waals surface area contributed by atoms with Gasteiger partial charge in [-0.1, -0.05) is 6.92 Å². The van der Waals surface area contributed by atoms with Gasteiger partial charge >= 0.3 is 6.18 Å². The molecule has 0 aliphatic rings. The van der Waals surface area contributed by atoms with Crippen molar-refractivity contribution in [3.8, 4) is 17.1 Å². The predicted octanol–water partition coefficient (Wildman–Crippen LogP) is 2.61. The highest BCUT2D eigenvalue weighted by molar-refractivity contribution is 7.91. The Morgan fingerprint density at radius 1 is 1.23 bits per heavy atom. The molecule has 0 aromatic carbocycles. The van der Waals surface area contributed by atoms with Crippen molar-refractivity contribution in [3.63, 3.8) is 0 Å². The number of pyridine rings is 1. The van der Waals surface area contributed by atoms with E-state index in [1.165, 1.54) is 36.9 Å². The second kappa shape index (κ2) is 6.24. The van der Waals surface area contributed by atoms with Crippen molar-refractivity contribution in [2.75, 3.05) is 12.9 Å². The van der Waals surface area contributed by atoms with Crippen molar-refractivity contribution in [3.05, 3.63) is 36.5 Å². The third-order valence-electron chi connectivity index (χ3n) is 3.66. The van der Waals surface area contributed by atoms with Crippen molar-refractivity contribution in [2.24, 2.45) is 0 Å². The summed E-state index contributed by atoms with van der Waals surface area (Å²) in [5, 5.41) is 0. The topological polar surface area (TPSA) is 86.5 Å². The maximum absolute atomic E-state index is 12.8. The molecule has 26 heavy (non-hydrogen) atoms. The zero-order chi connectivity index (χ0) is 19.1. The van der Waals surface area contributed by atoms with Crippen LogP contribution in [0.3, 0.4) is 0 Å². The van der Waals surface area contributed by atoms with Gasteiger partial charge in [0.05, 0.1) is 24.0 Å². The average Bonchev–Trinajstić information content (AvgIpc) is 3.03. The van der Waals surface area contributed by atoms with Crippen LogP contribution in [-0.2, 0) is 16.0 Å². The van der Waals surface area contributed by atoms with Crippen LogP contribution in [0.1, 0.15) is 12.6 Å². The van der Waals surface area contributed by atoms with Gasteiger partial charge in [-0.2, -0.15) is 13.2 Å². The van der Waals surface area contributed by atoms with Crippen molar-refractivity contribution in [1.82, 2.24) is 19.4 Å². The Labute approximate surface area is 146 Å². The quantitative estimate of drug-likeness (QED) is 0.685. The van der Waals surface area contributed by atoms with E-state index >= 15 is 0 Å². The van der Waals surface area contributed by atoms with Crippen LogP contribution < -0.4 is 4.74 Å². The lowest BCUT2D eigenvalue weighted by Gasteiger charge is -2.08. The highest BCUT2D eigenvalue weighted by Gasteiger charge is 2.33. The van der Waals surface area contributed by atoms with Gasteiger partial charge in [0, 0.05) is 18.3 Å². The van der Waals surface area contributed by atoms with Gasteiger partial charge in [0.25, 0.3) is 0 Å². The first-order chi connectivity index (χ1) is 12.2. The van der Waals surface area contributed by atoms with Gasteiger partial charge in [-0.15, -0.1) is 0 Å². The second-order valence-corrected chi connectivity index (χ2v) is 7.54. The Morgan fingerprint density at radius 2 is 1.96 bits per heavy atom. The summed E-state index contributed by atoms with van der Waals surface area (Å²) in [5.41, 5.74) is -0.975. The van der Waals surface area contributed by atoms with Crippen LogP contribution in [0.15, 0.2) is 35.7 Å². The van der Waals surface area contributed by atoms with E-state index in [1.807, 2.05) is 0 Å². The number of aromatic nitrogens is 4. The molecule has 0 amide bonds. The van der Waals surface area contributed by atoms with Gasteiger partial charge < -0.3 is 4.74 Å². The smallest absolute Gasteiger partial charge is 0.433 e. The van der Waals surface area contributed by atoms with Gasteiger partial charge in [-0.3, -0.25) is 4.40 Å². The minimum atomic E-state index is -4.61. The minimum Gasteiger partial charge on any atom is -0.495 e. The molecule has 3 heterocycles. The van der Waals surface area contributed by atoms with Gasteiger partial charge in [0.15, 0.2) is 9.84 Å². The van der Waals surface area contributed by atoms with Crippen molar-refractivity contribution >= 4 is 15.5 Å². The van der Waals surface area contributed by atoms with Crippen molar-refractivity contribution < 1.29 is 26.3 Å². The molecule has 0 atom stereocenters. The predicted molar refractivity (Wildman–Crippen MR) is 85.5 cm³/mol. The van der Waals surface area contributed by atoms with E-state index in [0.717, 1.165) is 12.4 Å². The number of hydrogen-bond acceptors (Lipinski definition) is 6. The van der Waals surface area contributed by atoms with Crippen LogP contribution in [0.25, 0.3) is 17.0 Å². The monoisotopic (exact) mass is 386 g/mol. The molecule has 0 spiro atoms. The summed E-state index contributed by atoms with van der Waals surface area (Å²) >= 11 is 0. The molecule has 0 saturated carbocycles. The maximum Gasteiger partial charge on any atom is 0.433 e. The molecule has 0 unspecified atom stereocenters. The van der Waals surface area contributed by atoms with Gasteiger partial charge in [-0.05, 0) is 0 Å². The number of imidazole rings is 1. The Kier molecular flexibility index (Phi) is 4.34. The molecular formula is C15H13F3N4O3S. The number of halogens is 3. The van der Waals surface area contributed by atoms with Crippen LogP contribution in [0.4, 0.5) is 13.2 Å². The number of nitrogens with zero attached hydrogens (tertiary/aromatic N) is 4. The van der Waals surface area contributed by atoms with Crippen LogP contribution >= 0.6 is 0 Å². The summed E-state index contributed by atoms with van der Waals surface area (Å²) in [6.07, 6.45) is -0.964. The second-order valence-electron chi connectivity index (χ2n) is 5.29. The molecule has 0 bridgehead atoms. The Balaban J connectivity index is 2.20. The molecule has 0 saturated heterocycles. The summed E-state index contributed by atoms with van der Waals surface area (Å²) in [7, 11) is -2.30. The van der Waals surface area contributed by atoms with Gasteiger partial charge in [0.2, 0.25) is 0 Å². The molecule has 7 nitrogen and oxygen atoms in total. The number of rotatable bonds is 4. The SMILES string of the molecule is CCS(=O)(=O)c1cc(OC)cnc1-c1cn2cnc(C(F)(F)F)cc2n1. The standard InChI is InChI=1S/C15H13F3N4O3S/c1-3-26(23,24)11-4-9(25-2)6-19-14(11)10-7-22-8-20-12(15(16,17)18)5-13(22)21-10/h4-8H,3H2,1-2H3. The lowest BCUT2D eigenvalue weighted by molar-refractivity contribution is -0.141. The van der Waals surface area contributed by atoms with Crippen LogP contribution in [-0.4, -0.2) is 40.6 Å². The summed E-state index contributed by atoms with van der Waals surface area (Å²) in [6, 6.07) is 2.09. The Hall–Kier alpha value is -2.69. The summed E-state index contributed by atoms with van der Waals surface area (Å²) in [5.74, 6) is 0.0627. The van der Waals surface area contributed by atoms with E-state index in [2.05, 4.69) is 15.0 Å². The van der Waals surface area contributed by atoms with Crippen molar-refractivity contribution in [2.45, 2.75) is 18.0 Å². The van der Waals surface area contributed by atoms with E-state index in [0.29, 0.717) is 0 Å². The summed E-state index contributed by atoms with van der Waals surface area (Å²) in [6.45, 7) is 1.47. The molecule has 0 aliphatic heterocycles. The highest BCUT2D eigenvalue weighted by Crippen LogP contribution is 2.31. The van der Waals surface area contributed by atoms with E-state index in [1.54, 1.807) is 0 Å². The van der Waals surface area contributed by atoms with Crippen LogP contribution in [0, 0.1) is 0 Å². The van der Waals surface area contributed by atoms with Crippen LogP contribution in [0.2, 0.25) is 0 Å². The normalized spacial score (nSPS) is 12.5. The fourth-order valence-electron chi connectivity index (χ4n) is 2.28. The first-order valence-corrected chi connectivity index (χ1v) is 9.00. The number of ether oxygens (including phenoxy) is 1.